The Balaban J connectivity index is 0. The lowest BCUT2D eigenvalue weighted by Crippen LogP contribution is -2.20. The van der Waals surface area contributed by atoms with E-state index in [4.69, 9.17) is 25.2 Å². The highest BCUT2D eigenvalue weighted by Crippen LogP contribution is 2.10. The molecule has 0 aromatic rings. The Morgan fingerprint density at radius 3 is 1.36 bits per heavy atom. The maximum Gasteiger partial charge on any atom is 0.503 e. The highest BCUT2D eigenvalue weighted by molar-refractivity contribution is 5.53. The van der Waals surface area contributed by atoms with Crippen molar-refractivity contribution in [1.82, 2.24) is 0 Å². The molecule has 0 atom stereocenters. The molecule has 0 aliphatic rings. The molecular formula is C6H14O5. The summed E-state index contributed by atoms with van der Waals surface area (Å²) in [4.78, 5) is 8.56. The van der Waals surface area contributed by atoms with Gasteiger partial charge in [0.2, 0.25) is 0 Å². The Labute approximate surface area is 64.9 Å². The van der Waals surface area contributed by atoms with Crippen LogP contribution in [0.1, 0.15) is 13.8 Å². The maximum atomic E-state index is 8.56. The van der Waals surface area contributed by atoms with E-state index in [1.165, 1.54) is 0 Å². The van der Waals surface area contributed by atoms with Crippen LogP contribution >= 0.6 is 0 Å². The molecule has 0 radical (unpaired) electrons. The van der Waals surface area contributed by atoms with Crippen LogP contribution in [-0.2, 0) is 0 Å². The van der Waals surface area contributed by atoms with Crippen LogP contribution in [-0.4, -0.2) is 39.8 Å². The zero-order chi connectivity index (χ0) is 9.49. The first-order chi connectivity index (χ1) is 4.85. The average molecular weight is 166 g/mol. The third-order valence-electron chi connectivity index (χ3n) is 0.856. The third kappa shape index (κ3) is 17.6. The van der Waals surface area contributed by atoms with Crippen LogP contribution in [0.5, 0.6) is 0 Å². The molecule has 5 heteroatoms. The summed E-state index contributed by atoms with van der Waals surface area (Å²) in [5, 5.41) is 30.8. The van der Waals surface area contributed by atoms with Crippen LogP contribution in [0.25, 0.3) is 0 Å². The first-order valence-electron chi connectivity index (χ1n) is 2.99. The van der Waals surface area contributed by atoms with E-state index in [1.807, 2.05) is 0 Å². The van der Waals surface area contributed by atoms with Gasteiger partial charge in [-0.15, -0.1) is 0 Å². The van der Waals surface area contributed by atoms with E-state index < -0.39 is 6.16 Å². The topological polar surface area (TPSA) is 98.0 Å². The number of aliphatic hydroxyl groups excluding tert-OH is 2. The Bertz CT molecular complexity index is 99.5. The van der Waals surface area contributed by atoms with E-state index >= 15 is 0 Å². The summed E-state index contributed by atoms with van der Waals surface area (Å²) < 4.78 is 0. The lowest BCUT2D eigenvalue weighted by atomic mass is 9.97. The number of rotatable bonds is 2. The van der Waals surface area contributed by atoms with Gasteiger partial charge >= 0.3 is 6.16 Å². The Kier molecular flexibility index (Phi) is 6.92. The smallest absolute Gasteiger partial charge is 0.450 e. The van der Waals surface area contributed by atoms with Crippen molar-refractivity contribution >= 4 is 6.16 Å². The van der Waals surface area contributed by atoms with Gasteiger partial charge in [-0.1, -0.05) is 13.8 Å². The minimum Gasteiger partial charge on any atom is -0.450 e. The van der Waals surface area contributed by atoms with Crippen molar-refractivity contribution in [2.45, 2.75) is 13.8 Å². The van der Waals surface area contributed by atoms with Gasteiger partial charge in [-0.3, -0.25) is 0 Å². The van der Waals surface area contributed by atoms with Crippen LogP contribution in [0.4, 0.5) is 4.79 Å². The second kappa shape index (κ2) is 5.94. The van der Waals surface area contributed by atoms with Gasteiger partial charge in [-0.25, -0.2) is 4.79 Å². The van der Waals surface area contributed by atoms with Crippen molar-refractivity contribution in [3.63, 3.8) is 0 Å². The second-order valence-corrected chi connectivity index (χ2v) is 2.76. The fourth-order valence-electron chi connectivity index (χ4n) is 0.0500. The van der Waals surface area contributed by atoms with Crippen molar-refractivity contribution in [2.24, 2.45) is 5.41 Å². The van der Waals surface area contributed by atoms with Gasteiger partial charge in [0.25, 0.3) is 0 Å². The van der Waals surface area contributed by atoms with Crippen molar-refractivity contribution in [3.8, 4) is 0 Å². The quantitative estimate of drug-likeness (QED) is 0.470. The zero-order valence-electron chi connectivity index (χ0n) is 6.61. The largest absolute Gasteiger partial charge is 0.503 e. The first kappa shape index (κ1) is 12.8. The predicted octanol–water partition coefficient (Wildman–Crippen LogP) is 0.220. The fourth-order valence-corrected chi connectivity index (χ4v) is 0.0500. The number of hydrogen-bond donors (Lipinski definition) is 4. The molecule has 68 valence electrons. The normalized spacial score (nSPS) is 9.82. The lowest BCUT2D eigenvalue weighted by Gasteiger charge is -2.16. The highest BCUT2D eigenvalue weighted by atomic mass is 16.6. The molecule has 5 nitrogen and oxygen atoms in total. The minimum absolute atomic E-state index is 0.0451. The summed E-state index contributed by atoms with van der Waals surface area (Å²) in [6, 6.07) is 0. The summed E-state index contributed by atoms with van der Waals surface area (Å²) in [6.45, 7) is 3.69. The van der Waals surface area contributed by atoms with Crippen molar-refractivity contribution in [1.29, 1.82) is 0 Å². The van der Waals surface area contributed by atoms with Crippen molar-refractivity contribution in [2.75, 3.05) is 13.2 Å². The fraction of sp³-hybridized carbons (Fsp3) is 0.833. The molecule has 0 saturated heterocycles. The molecule has 0 aliphatic heterocycles. The lowest BCUT2D eigenvalue weighted by molar-refractivity contribution is 0.0857. The molecule has 0 fully saturated rings. The number of aliphatic hydroxyl groups is 2. The van der Waals surface area contributed by atoms with E-state index in [0.717, 1.165) is 0 Å². The van der Waals surface area contributed by atoms with Gasteiger partial charge in [0.05, 0.1) is 13.2 Å². The standard InChI is InChI=1S/C5H12O2.CH2O3/c1-5(2,3-6)4-7;2-1(3)4/h6-7H,3-4H2,1-2H3;(H2,2,3,4). The van der Waals surface area contributed by atoms with Crippen LogP contribution in [0.2, 0.25) is 0 Å². The Morgan fingerprint density at radius 2 is 1.36 bits per heavy atom. The van der Waals surface area contributed by atoms with Gasteiger partial charge in [0, 0.05) is 5.41 Å². The van der Waals surface area contributed by atoms with Crippen molar-refractivity contribution < 1.29 is 25.2 Å². The molecule has 11 heavy (non-hydrogen) atoms. The number of carbonyl (C=O) groups is 1. The monoisotopic (exact) mass is 166 g/mol. The van der Waals surface area contributed by atoms with E-state index in [0.29, 0.717) is 0 Å². The molecule has 0 rings (SSSR count). The highest BCUT2D eigenvalue weighted by Gasteiger charge is 2.13. The summed E-state index contributed by atoms with van der Waals surface area (Å²) >= 11 is 0. The van der Waals surface area contributed by atoms with Gasteiger partial charge in [0.1, 0.15) is 0 Å². The number of hydrogen-bond acceptors (Lipinski definition) is 3. The van der Waals surface area contributed by atoms with Crippen LogP contribution in [0, 0.1) is 5.41 Å². The molecule has 0 aliphatic carbocycles. The van der Waals surface area contributed by atoms with Crippen LogP contribution in [0.3, 0.4) is 0 Å². The van der Waals surface area contributed by atoms with Crippen molar-refractivity contribution in [3.05, 3.63) is 0 Å². The maximum absolute atomic E-state index is 8.56. The SMILES string of the molecule is CC(C)(CO)CO.O=C(O)O. The molecule has 0 amide bonds. The van der Waals surface area contributed by atoms with E-state index in [-0.39, 0.29) is 18.6 Å². The second-order valence-electron chi connectivity index (χ2n) is 2.76. The predicted molar refractivity (Wildman–Crippen MR) is 38.6 cm³/mol. The van der Waals surface area contributed by atoms with E-state index in [2.05, 4.69) is 0 Å². The van der Waals surface area contributed by atoms with Gasteiger partial charge in [-0.2, -0.15) is 0 Å². The molecule has 0 heterocycles. The minimum atomic E-state index is -1.83. The molecular weight excluding hydrogens is 152 g/mol. The van der Waals surface area contributed by atoms with E-state index in [1.54, 1.807) is 13.8 Å². The molecule has 0 bridgehead atoms. The van der Waals surface area contributed by atoms with Gasteiger partial charge in [0.15, 0.2) is 0 Å². The van der Waals surface area contributed by atoms with Crippen LogP contribution in [0.15, 0.2) is 0 Å². The zero-order valence-corrected chi connectivity index (χ0v) is 6.61. The molecule has 4 N–H and O–H groups in total. The Morgan fingerprint density at radius 1 is 1.18 bits per heavy atom. The number of carboxylic acid groups (broad SMARTS) is 2. The summed E-state index contributed by atoms with van der Waals surface area (Å²) in [5.74, 6) is 0. The van der Waals surface area contributed by atoms with Gasteiger partial charge < -0.3 is 20.4 Å². The molecule has 0 aromatic heterocycles. The Hall–Kier alpha value is -0.810. The summed E-state index contributed by atoms with van der Waals surface area (Å²) in [5.41, 5.74) is -0.306. The average Bonchev–Trinajstić information content (AvgIpc) is 1.87. The molecule has 0 spiro atoms. The van der Waals surface area contributed by atoms with Gasteiger partial charge in [-0.05, 0) is 0 Å². The first-order valence-corrected chi connectivity index (χ1v) is 2.99. The molecule has 0 saturated carbocycles. The van der Waals surface area contributed by atoms with Crippen LogP contribution < -0.4 is 0 Å². The summed E-state index contributed by atoms with van der Waals surface area (Å²) in [6.07, 6.45) is -1.83. The van der Waals surface area contributed by atoms with E-state index in [9.17, 15) is 0 Å². The molecule has 0 unspecified atom stereocenters. The summed E-state index contributed by atoms with van der Waals surface area (Å²) in [7, 11) is 0. The third-order valence-corrected chi connectivity index (χ3v) is 0.856. The molecule has 0 aromatic carbocycles.